The van der Waals surface area contributed by atoms with Crippen molar-refractivity contribution in [2.45, 2.75) is 13.3 Å². The summed E-state index contributed by atoms with van der Waals surface area (Å²) in [6, 6.07) is 8.46. The minimum Gasteiger partial charge on any atom is -0.330 e. The summed E-state index contributed by atoms with van der Waals surface area (Å²) < 4.78 is 2.08. The highest BCUT2D eigenvalue weighted by Gasteiger charge is 2.06. The summed E-state index contributed by atoms with van der Waals surface area (Å²) in [5, 5.41) is 2.47. The monoisotopic (exact) mass is 225 g/mol. The molecule has 0 radical (unpaired) electrons. The van der Waals surface area contributed by atoms with E-state index in [9.17, 15) is 0 Å². The molecule has 0 fully saturated rings. The summed E-state index contributed by atoms with van der Waals surface area (Å²) in [5.41, 5.74) is 8.93. The Bertz CT molecular complexity index is 682. The van der Waals surface area contributed by atoms with Gasteiger partial charge in [0.2, 0.25) is 0 Å². The summed E-state index contributed by atoms with van der Waals surface area (Å²) in [6.07, 6.45) is 4.95. The SMILES string of the molecule is Cc1cccc2ccn3cc(CCN)nc3c12. The minimum atomic E-state index is 0.640. The van der Waals surface area contributed by atoms with Crippen LogP contribution in [0.2, 0.25) is 0 Å². The van der Waals surface area contributed by atoms with E-state index in [1.54, 1.807) is 0 Å². The van der Waals surface area contributed by atoms with Crippen LogP contribution in [0, 0.1) is 6.92 Å². The molecule has 86 valence electrons. The molecule has 2 heterocycles. The highest BCUT2D eigenvalue weighted by Crippen LogP contribution is 2.23. The number of nitrogens with two attached hydrogens (primary N) is 1. The van der Waals surface area contributed by atoms with Gasteiger partial charge >= 0.3 is 0 Å². The van der Waals surface area contributed by atoms with Gasteiger partial charge in [0.1, 0.15) is 5.65 Å². The molecule has 1 aromatic carbocycles. The van der Waals surface area contributed by atoms with Crippen LogP contribution in [0.15, 0.2) is 36.7 Å². The predicted molar refractivity (Wildman–Crippen MR) is 70.2 cm³/mol. The molecular weight excluding hydrogens is 210 g/mol. The fourth-order valence-electron chi connectivity index (χ4n) is 2.31. The van der Waals surface area contributed by atoms with Crippen LogP contribution in [0.25, 0.3) is 16.4 Å². The van der Waals surface area contributed by atoms with Crippen LogP contribution in [0.1, 0.15) is 11.3 Å². The quantitative estimate of drug-likeness (QED) is 0.727. The van der Waals surface area contributed by atoms with E-state index in [4.69, 9.17) is 5.73 Å². The first kappa shape index (κ1) is 10.3. The summed E-state index contributed by atoms with van der Waals surface area (Å²) in [7, 11) is 0. The van der Waals surface area contributed by atoms with Gasteiger partial charge in [-0.05, 0) is 30.5 Å². The van der Waals surface area contributed by atoms with Gasteiger partial charge in [-0.25, -0.2) is 4.98 Å². The van der Waals surface area contributed by atoms with Crippen LogP contribution >= 0.6 is 0 Å². The van der Waals surface area contributed by atoms with Crippen LogP contribution in [0.3, 0.4) is 0 Å². The number of hydrogen-bond donors (Lipinski definition) is 1. The van der Waals surface area contributed by atoms with Crippen molar-refractivity contribution in [3.05, 3.63) is 47.9 Å². The molecule has 2 N–H and O–H groups in total. The molecule has 3 nitrogen and oxygen atoms in total. The summed E-state index contributed by atoms with van der Waals surface area (Å²) >= 11 is 0. The Morgan fingerprint density at radius 3 is 3.00 bits per heavy atom. The lowest BCUT2D eigenvalue weighted by molar-refractivity contribution is 0.937. The first-order valence-corrected chi connectivity index (χ1v) is 5.85. The van der Waals surface area contributed by atoms with Crippen molar-refractivity contribution in [2.24, 2.45) is 5.73 Å². The molecule has 0 bridgehead atoms. The fraction of sp³-hybridized carbons (Fsp3) is 0.214. The molecule has 0 amide bonds. The number of fused-ring (bicyclic) bond motifs is 3. The predicted octanol–water partition coefficient (Wildman–Crippen LogP) is 2.30. The van der Waals surface area contributed by atoms with E-state index < -0.39 is 0 Å². The van der Waals surface area contributed by atoms with Gasteiger partial charge in [0.05, 0.1) is 5.69 Å². The van der Waals surface area contributed by atoms with Crippen LogP contribution < -0.4 is 5.73 Å². The number of aryl methyl sites for hydroxylation is 1. The molecule has 3 rings (SSSR count). The Morgan fingerprint density at radius 2 is 2.18 bits per heavy atom. The molecule has 0 unspecified atom stereocenters. The van der Waals surface area contributed by atoms with Crippen molar-refractivity contribution in [1.82, 2.24) is 9.38 Å². The van der Waals surface area contributed by atoms with E-state index in [2.05, 4.69) is 53.0 Å². The Balaban J connectivity index is 2.37. The van der Waals surface area contributed by atoms with E-state index in [0.29, 0.717) is 6.54 Å². The summed E-state index contributed by atoms with van der Waals surface area (Å²) in [4.78, 5) is 4.67. The number of nitrogens with zero attached hydrogens (tertiary/aromatic N) is 2. The Morgan fingerprint density at radius 1 is 1.29 bits per heavy atom. The zero-order valence-electron chi connectivity index (χ0n) is 9.85. The zero-order chi connectivity index (χ0) is 11.8. The smallest absolute Gasteiger partial charge is 0.145 e. The van der Waals surface area contributed by atoms with Gasteiger partial charge in [-0.2, -0.15) is 0 Å². The number of aromatic nitrogens is 2. The Hall–Kier alpha value is -1.87. The maximum absolute atomic E-state index is 5.58. The van der Waals surface area contributed by atoms with E-state index in [-0.39, 0.29) is 0 Å². The normalized spacial score (nSPS) is 11.4. The maximum atomic E-state index is 5.58. The zero-order valence-corrected chi connectivity index (χ0v) is 9.85. The third kappa shape index (κ3) is 1.59. The molecule has 0 saturated carbocycles. The molecule has 0 saturated heterocycles. The van der Waals surface area contributed by atoms with E-state index in [0.717, 1.165) is 17.8 Å². The Kier molecular flexibility index (Phi) is 2.34. The highest BCUT2D eigenvalue weighted by atomic mass is 15.0. The van der Waals surface area contributed by atoms with Crippen molar-refractivity contribution in [3.8, 4) is 0 Å². The standard InChI is InChI=1S/C14H15N3/c1-10-3-2-4-11-6-8-17-9-12(5-7-15)16-14(17)13(10)11/h2-4,6,8-9H,5,7,15H2,1H3. The molecule has 17 heavy (non-hydrogen) atoms. The fourth-order valence-corrected chi connectivity index (χ4v) is 2.31. The van der Waals surface area contributed by atoms with Crippen LogP contribution in [-0.2, 0) is 6.42 Å². The van der Waals surface area contributed by atoms with E-state index in [1.165, 1.54) is 16.3 Å². The van der Waals surface area contributed by atoms with Crippen molar-refractivity contribution in [2.75, 3.05) is 6.54 Å². The molecule has 0 atom stereocenters. The second kappa shape index (κ2) is 3.86. The van der Waals surface area contributed by atoms with Gasteiger partial charge in [0.25, 0.3) is 0 Å². The Labute approximate surface area is 99.9 Å². The van der Waals surface area contributed by atoms with E-state index >= 15 is 0 Å². The molecule has 0 spiro atoms. The topological polar surface area (TPSA) is 43.3 Å². The molecule has 0 aliphatic heterocycles. The lowest BCUT2D eigenvalue weighted by Crippen LogP contribution is -2.02. The van der Waals surface area contributed by atoms with Crippen LogP contribution in [0.4, 0.5) is 0 Å². The van der Waals surface area contributed by atoms with Gasteiger partial charge in [0.15, 0.2) is 0 Å². The van der Waals surface area contributed by atoms with Crippen molar-refractivity contribution in [3.63, 3.8) is 0 Å². The number of hydrogen-bond acceptors (Lipinski definition) is 2. The van der Waals surface area contributed by atoms with Crippen molar-refractivity contribution >= 4 is 16.4 Å². The number of pyridine rings is 1. The molecule has 3 heteroatoms. The van der Waals surface area contributed by atoms with Gasteiger partial charge in [-0.15, -0.1) is 0 Å². The second-order valence-electron chi connectivity index (χ2n) is 4.36. The molecule has 3 aromatic rings. The third-order valence-electron chi connectivity index (χ3n) is 3.13. The first-order chi connectivity index (χ1) is 8.29. The average molecular weight is 225 g/mol. The molecule has 0 aliphatic rings. The molecule has 2 aromatic heterocycles. The molecule has 0 aliphatic carbocycles. The van der Waals surface area contributed by atoms with Crippen molar-refractivity contribution < 1.29 is 0 Å². The van der Waals surface area contributed by atoms with E-state index in [1.807, 2.05) is 0 Å². The minimum absolute atomic E-state index is 0.640. The highest BCUT2D eigenvalue weighted by molar-refractivity contribution is 5.96. The number of rotatable bonds is 2. The summed E-state index contributed by atoms with van der Waals surface area (Å²) in [5.74, 6) is 0. The van der Waals surface area contributed by atoms with Crippen LogP contribution in [-0.4, -0.2) is 15.9 Å². The largest absolute Gasteiger partial charge is 0.330 e. The lowest BCUT2D eigenvalue weighted by atomic mass is 10.1. The first-order valence-electron chi connectivity index (χ1n) is 5.85. The maximum Gasteiger partial charge on any atom is 0.145 e. The lowest BCUT2D eigenvalue weighted by Gasteiger charge is -2.03. The average Bonchev–Trinajstić information content (AvgIpc) is 2.72. The van der Waals surface area contributed by atoms with Gasteiger partial charge in [-0.1, -0.05) is 18.2 Å². The molecular formula is C14H15N3. The number of benzene rings is 1. The van der Waals surface area contributed by atoms with Gasteiger partial charge in [-0.3, -0.25) is 0 Å². The van der Waals surface area contributed by atoms with Crippen molar-refractivity contribution in [1.29, 1.82) is 0 Å². The summed E-state index contributed by atoms with van der Waals surface area (Å²) in [6.45, 7) is 2.76. The van der Waals surface area contributed by atoms with Gasteiger partial charge in [0, 0.05) is 24.2 Å². The van der Waals surface area contributed by atoms with Crippen LogP contribution in [0.5, 0.6) is 0 Å². The van der Waals surface area contributed by atoms with Gasteiger partial charge < -0.3 is 10.1 Å². The second-order valence-corrected chi connectivity index (χ2v) is 4.36. The number of imidazole rings is 1. The third-order valence-corrected chi connectivity index (χ3v) is 3.13.